The Bertz CT molecular complexity index is 354. The molecule has 0 saturated carbocycles. The van der Waals surface area contributed by atoms with E-state index in [1.807, 2.05) is 13.8 Å². The van der Waals surface area contributed by atoms with Crippen molar-refractivity contribution in [3.8, 4) is 5.75 Å². The van der Waals surface area contributed by atoms with Gasteiger partial charge in [-0.15, -0.1) is 11.3 Å². The molecule has 0 spiro atoms. The molecule has 1 N–H and O–H groups in total. The number of rotatable bonds is 4. The van der Waals surface area contributed by atoms with Crippen LogP contribution in [-0.2, 0) is 0 Å². The van der Waals surface area contributed by atoms with E-state index in [2.05, 4.69) is 6.58 Å². The van der Waals surface area contributed by atoms with Crippen molar-refractivity contribution in [3.63, 3.8) is 0 Å². The average molecular weight is 212 g/mol. The third kappa shape index (κ3) is 2.35. The lowest BCUT2D eigenvalue weighted by Gasteiger charge is -2.08. The highest BCUT2D eigenvalue weighted by atomic mass is 32.1. The summed E-state index contributed by atoms with van der Waals surface area (Å²) in [6, 6.07) is 1.73. The molecule has 0 aliphatic heterocycles. The highest BCUT2D eigenvalue weighted by Gasteiger charge is 2.16. The van der Waals surface area contributed by atoms with Crippen molar-refractivity contribution in [2.75, 3.05) is 0 Å². The number of thiophene rings is 1. The van der Waals surface area contributed by atoms with E-state index < -0.39 is 5.97 Å². The number of carboxylic acids is 1. The van der Waals surface area contributed by atoms with Gasteiger partial charge in [-0.05, 0) is 19.9 Å². The number of hydrogen-bond acceptors (Lipinski definition) is 3. The van der Waals surface area contributed by atoms with Gasteiger partial charge in [-0.2, -0.15) is 0 Å². The van der Waals surface area contributed by atoms with Crippen LogP contribution in [0.25, 0.3) is 0 Å². The number of carboxylic acid groups (broad SMARTS) is 1. The van der Waals surface area contributed by atoms with Gasteiger partial charge in [-0.3, -0.25) is 0 Å². The molecule has 1 atom stereocenters. The molecule has 1 aromatic rings. The zero-order chi connectivity index (χ0) is 10.7. The third-order valence-corrected chi connectivity index (χ3v) is 2.68. The molecule has 0 bridgehead atoms. The van der Waals surface area contributed by atoms with E-state index in [1.165, 1.54) is 11.3 Å². The standard InChI is InChI=1S/C10H12O3S/c1-4-6(2)13-8-5-7(3)14-9(8)10(11)12/h4-6H,1H2,2-3H3,(H,11,12). The van der Waals surface area contributed by atoms with Crippen molar-refractivity contribution in [2.24, 2.45) is 0 Å². The van der Waals surface area contributed by atoms with Gasteiger partial charge in [0.15, 0.2) is 4.88 Å². The fraction of sp³-hybridized carbons (Fsp3) is 0.300. The van der Waals surface area contributed by atoms with Gasteiger partial charge >= 0.3 is 5.97 Å². The fourth-order valence-electron chi connectivity index (χ4n) is 0.976. The summed E-state index contributed by atoms with van der Waals surface area (Å²) in [6.45, 7) is 7.23. The summed E-state index contributed by atoms with van der Waals surface area (Å²) in [5.41, 5.74) is 0. The Morgan fingerprint density at radius 2 is 2.43 bits per heavy atom. The van der Waals surface area contributed by atoms with Gasteiger partial charge in [0.2, 0.25) is 0 Å². The molecule has 76 valence electrons. The normalized spacial score (nSPS) is 12.1. The van der Waals surface area contributed by atoms with Gasteiger partial charge in [-0.1, -0.05) is 12.7 Å². The summed E-state index contributed by atoms with van der Waals surface area (Å²) < 4.78 is 5.39. The van der Waals surface area contributed by atoms with Crippen LogP contribution in [0.2, 0.25) is 0 Å². The molecule has 14 heavy (non-hydrogen) atoms. The number of aromatic carboxylic acids is 1. The number of ether oxygens (including phenoxy) is 1. The summed E-state index contributed by atoms with van der Waals surface area (Å²) >= 11 is 1.22. The first-order valence-corrected chi connectivity index (χ1v) is 4.99. The van der Waals surface area contributed by atoms with E-state index in [4.69, 9.17) is 9.84 Å². The predicted octanol–water partition coefficient (Wildman–Crippen LogP) is 2.71. The molecule has 0 radical (unpaired) electrons. The van der Waals surface area contributed by atoms with Crippen LogP contribution in [0.5, 0.6) is 5.75 Å². The molecule has 0 saturated heterocycles. The van der Waals surface area contributed by atoms with Gasteiger partial charge in [0, 0.05) is 4.88 Å². The van der Waals surface area contributed by atoms with Gasteiger partial charge in [0.25, 0.3) is 0 Å². The predicted molar refractivity (Wildman–Crippen MR) is 56.3 cm³/mol. The molecule has 0 aromatic carbocycles. The van der Waals surface area contributed by atoms with Crippen LogP contribution in [0.15, 0.2) is 18.7 Å². The zero-order valence-corrected chi connectivity index (χ0v) is 8.93. The lowest BCUT2D eigenvalue weighted by atomic mass is 10.3. The number of hydrogen-bond donors (Lipinski definition) is 1. The second kappa shape index (κ2) is 4.28. The van der Waals surface area contributed by atoms with Gasteiger partial charge in [0.1, 0.15) is 11.9 Å². The molecule has 3 nitrogen and oxygen atoms in total. The van der Waals surface area contributed by atoms with Crippen molar-refractivity contribution >= 4 is 17.3 Å². The minimum absolute atomic E-state index is 0.179. The number of aryl methyl sites for hydroxylation is 1. The summed E-state index contributed by atoms with van der Waals surface area (Å²) in [4.78, 5) is 12.0. The van der Waals surface area contributed by atoms with Crippen LogP contribution >= 0.6 is 11.3 Å². The largest absolute Gasteiger partial charge is 0.485 e. The lowest BCUT2D eigenvalue weighted by molar-refractivity contribution is 0.0697. The van der Waals surface area contributed by atoms with Crippen molar-refractivity contribution in [1.82, 2.24) is 0 Å². The van der Waals surface area contributed by atoms with E-state index in [0.29, 0.717) is 5.75 Å². The zero-order valence-electron chi connectivity index (χ0n) is 8.11. The van der Waals surface area contributed by atoms with Crippen LogP contribution in [0.4, 0.5) is 0 Å². The molecule has 0 fully saturated rings. The van der Waals surface area contributed by atoms with Gasteiger partial charge in [0.05, 0.1) is 0 Å². The maximum atomic E-state index is 10.8. The Kier molecular flexibility index (Phi) is 3.30. The summed E-state index contributed by atoms with van der Waals surface area (Å²) in [5.74, 6) is -0.526. The summed E-state index contributed by atoms with van der Waals surface area (Å²) in [5, 5.41) is 8.87. The SMILES string of the molecule is C=CC(C)Oc1cc(C)sc1C(=O)O. The minimum Gasteiger partial charge on any atom is -0.485 e. The van der Waals surface area contributed by atoms with Crippen LogP contribution in [-0.4, -0.2) is 17.2 Å². The maximum absolute atomic E-state index is 10.8. The first-order valence-electron chi connectivity index (χ1n) is 4.17. The Labute approximate surface area is 86.6 Å². The van der Waals surface area contributed by atoms with E-state index in [9.17, 15) is 4.79 Å². The molecular formula is C10H12O3S. The first-order chi connectivity index (χ1) is 6.54. The fourth-order valence-corrected chi connectivity index (χ4v) is 1.76. The molecule has 4 heteroatoms. The second-order valence-corrected chi connectivity index (χ2v) is 4.17. The Balaban J connectivity index is 2.95. The van der Waals surface area contributed by atoms with Crippen LogP contribution in [0.3, 0.4) is 0 Å². The van der Waals surface area contributed by atoms with E-state index in [0.717, 1.165) is 4.88 Å². The minimum atomic E-state index is -0.950. The highest BCUT2D eigenvalue weighted by molar-refractivity contribution is 7.14. The van der Waals surface area contributed by atoms with Crippen molar-refractivity contribution < 1.29 is 14.6 Å². The quantitative estimate of drug-likeness (QED) is 0.780. The van der Waals surface area contributed by atoms with Crippen molar-refractivity contribution in [1.29, 1.82) is 0 Å². The molecule has 1 unspecified atom stereocenters. The van der Waals surface area contributed by atoms with Crippen molar-refractivity contribution in [2.45, 2.75) is 20.0 Å². The maximum Gasteiger partial charge on any atom is 0.349 e. The average Bonchev–Trinajstić information content (AvgIpc) is 2.46. The molecule has 0 amide bonds. The second-order valence-electron chi connectivity index (χ2n) is 2.91. The molecule has 1 aromatic heterocycles. The molecule has 1 heterocycles. The summed E-state index contributed by atoms with van der Waals surface area (Å²) in [6.07, 6.45) is 1.45. The smallest absolute Gasteiger partial charge is 0.349 e. The van der Waals surface area contributed by atoms with Crippen LogP contribution < -0.4 is 4.74 Å². The summed E-state index contributed by atoms with van der Waals surface area (Å²) in [7, 11) is 0. The topological polar surface area (TPSA) is 46.5 Å². The molecule has 0 aliphatic carbocycles. The van der Waals surface area contributed by atoms with E-state index >= 15 is 0 Å². The first kappa shape index (κ1) is 10.8. The lowest BCUT2D eigenvalue weighted by Crippen LogP contribution is -2.09. The molecular weight excluding hydrogens is 200 g/mol. The van der Waals surface area contributed by atoms with Crippen molar-refractivity contribution in [3.05, 3.63) is 28.5 Å². The Morgan fingerprint density at radius 3 is 2.93 bits per heavy atom. The molecule has 1 rings (SSSR count). The monoisotopic (exact) mass is 212 g/mol. The van der Waals surface area contributed by atoms with Gasteiger partial charge < -0.3 is 9.84 Å². The number of carbonyl (C=O) groups is 1. The van der Waals surface area contributed by atoms with Crippen LogP contribution in [0, 0.1) is 6.92 Å². The Morgan fingerprint density at radius 1 is 1.79 bits per heavy atom. The van der Waals surface area contributed by atoms with Gasteiger partial charge in [-0.25, -0.2) is 4.79 Å². The van der Waals surface area contributed by atoms with E-state index in [1.54, 1.807) is 12.1 Å². The molecule has 0 aliphatic rings. The van der Waals surface area contributed by atoms with E-state index in [-0.39, 0.29) is 11.0 Å². The Hall–Kier alpha value is -1.29. The third-order valence-electron chi connectivity index (χ3n) is 1.66. The van der Waals surface area contributed by atoms with Crippen LogP contribution in [0.1, 0.15) is 21.5 Å². The highest BCUT2D eigenvalue weighted by Crippen LogP contribution is 2.29.